The van der Waals surface area contributed by atoms with Gasteiger partial charge in [0.1, 0.15) is 5.75 Å². The van der Waals surface area contributed by atoms with Crippen LogP contribution in [0.5, 0.6) is 5.75 Å². The zero-order chi connectivity index (χ0) is 13.1. The van der Waals surface area contributed by atoms with Crippen LogP contribution in [0.15, 0.2) is 24.3 Å². The van der Waals surface area contributed by atoms with E-state index in [1.54, 1.807) is 7.11 Å². The van der Waals surface area contributed by atoms with Gasteiger partial charge in [0, 0.05) is 11.6 Å². The summed E-state index contributed by atoms with van der Waals surface area (Å²) in [6, 6.07) is 7.92. The monoisotopic (exact) mass is 248 g/mol. The molecule has 1 aromatic carbocycles. The van der Waals surface area contributed by atoms with E-state index in [1.807, 2.05) is 24.3 Å². The summed E-state index contributed by atoms with van der Waals surface area (Å²) in [6.45, 7) is 3.01. The van der Waals surface area contributed by atoms with Crippen molar-refractivity contribution in [1.82, 2.24) is 4.90 Å². The third-order valence-electron chi connectivity index (χ3n) is 3.71. The van der Waals surface area contributed by atoms with Crippen LogP contribution in [0.3, 0.4) is 0 Å². The molecule has 4 heteroatoms. The first-order chi connectivity index (χ1) is 8.65. The second kappa shape index (κ2) is 5.40. The van der Waals surface area contributed by atoms with Gasteiger partial charge in [-0.15, -0.1) is 0 Å². The molecule has 2 N–H and O–H groups in total. The average molecular weight is 248 g/mol. The molecule has 1 amide bonds. The molecule has 2 rings (SSSR count). The highest BCUT2D eigenvalue weighted by Gasteiger charge is 2.33. The quantitative estimate of drug-likeness (QED) is 0.882. The van der Waals surface area contributed by atoms with E-state index in [4.69, 9.17) is 10.5 Å². The number of ether oxygens (including phenoxy) is 1. The van der Waals surface area contributed by atoms with Gasteiger partial charge in [0.15, 0.2) is 0 Å². The van der Waals surface area contributed by atoms with Crippen LogP contribution in [-0.4, -0.2) is 30.5 Å². The number of benzene rings is 1. The van der Waals surface area contributed by atoms with Crippen LogP contribution in [0.1, 0.15) is 31.4 Å². The summed E-state index contributed by atoms with van der Waals surface area (Å²) in [4.78, 5) is 13.6. The lowest BCUT2D eigenvalue weighted by Gasteiger charge is -2.30. The van der Waals surface area contributed by atoms with Gasteiger partial charge < -0.3 is 10.5 Å². The number of primary amides is 1. The van der Waals surface area contributed by atoms with Crippen molar-refractivity contribution < 1.29 is 9.53 Å². The number of carbonyl (C=O) groups excluding carboxylic acids is 1. The number of methoxy groups -OCH3 is 1. The number of carbonyl (C=O) groups is 1. The molecule has 4 nitrogen and oxygen atoms in total. The Hall–Kier alpha value is -1.55. The molecule has 0 saturated carbocycles. The lowest BCUT2D eigenvalue weighted by Crippen LogP contribution is -2.41. The van der Waals surface area contributed by atoms with Crippen molar-refractivity contribution in [2.45, 2.75) is 31.8 Å². The summed E-state index contributed by atoms with van der Waals surface area (Å²) in [5.41, 5.74) is 6.57. The fourth-order valence-electron chi connectivity index (χ4n) is 2.75. The van der Waals surface area contributed by atoms with Crippen LogP contribution in [-0.2, 0) is 4.79 Å². The maximum absolute atomic E-state index is 11.5. The van der Waals surface area contributed by atoms with Gasteiger partial charge in [0.25, 0.3) is 0 Å². The highest BCUT2D eigenvalue weighted by Crippen LogP contribution is 2.33. The first-order valence-corrected chi connectivity index (χ1v) is 6.33. The van der Waals surface area contributed by atoms with Gasteiger partial charge in [-0.1, -0.05) is 18.2 Å². The number of nitrogens with two attached hydrogens (primary N) is 1. The lowest BCUT2D eigenvalue weighted by atomic mass is 10.0. The smallest absolute Gasteiger partial charge is 0.234 e. The van der Waals surface area contributed by atoms with Crippen LogP contribution in [0.4, 0.5) is 0 Å². The highest BCUT2D eigenvalue weighted by molar-refractivity contribution is 5.80. The average Bonchev–Trinajstić information content (AvgIpc) is 2.87. The molecule has 2 unspecified atom stereocenters. The van der Waals surface area contributed by atoms with Gasteiger partial charge in [-0.05, 0) is 32.4 Å². The minimum Gasteiger partial charge on any atom is -0.496 e. The molecule has 2 atom stereocenters. The van der Waals surface area contributed by atoms with Gasteiger partial charge in [-0.2, -0.15) is 0 Å². The van der Waals surface area contributed by atoms with E-state index in [2.05, 4.69) is 11.8 Å². The Bertz CT molecular complexity index is 434. The zero-order valence-corrected chi connectivity index (χ0v) is 10.9. The van der Waals surface area contributed by atoms with Crippen LogP contribution in [0.25, 0.3) is 0 Å². The summed E-state index contributed by atoms with van der Waals surface area (Å²) in [6.07, 6.45) is 1.88. The van der Waals surface area contributed by atoms with Crippen molar-refractivity contribution in [1.29, 1.82) is 0 Å². The predicted molar refractivity (Wildman–Crippen MR) is 70.3 cm³/mol. The third kappa shape index (κ3) is 2.34. The molecule has 0 radical (unpaired) electrons. The molecule has 0 aromatic heterocycles. The van der Waals surface area contributed by atoms with Gasteiger partial charge in [0.05, 0.1) is 13.2 Å². The van der Waals surface area contributed by atoms with Crippen LogP contribution < -0.4 is 10.5 Å². The number of amides is 1. The number of para-hydroxylation sites is 1. The molecule has 18 heavy (non-hydrogen) atoms. The molecular weight excluding hydrogens is 228 g/mol. The molecule has 1 aliphatic rings. The third-order valence-corrected chi connectivity index (χ3v) is 3.71. The van der Waals surface area contributed by atoms with E-state index < -0.39 is 0 Å². The Morgan fingerprint density at radius 3 is 2.89 bits per heavy atom. The number of rotatable bonds is 4. The molecule has 1 saturated heterocycles. The summed E-state index contributed by atoms with van der Waals surface area (Å²) >= 11 is 0. The molecule has 0 aliphatic carbocycles. The van der Waals surface area contributed by atoms with Gasteiger partial charge in [-0.25, -0.2) is 0 Å². The summed E-state index contributed by atoms with van der Waals surface area (Å²) in [5, 5.41) is 0. The van der Waals surface area contributed by atoms with Gasteiger partial charge in [-0.3, -0.25) is 9.69 Å². The normalized spacial score (nSPS) is 21.8. The Labute approximate surface area is 108 Å². The Morgan fingerprint density at radius 2 is 2.22 bits per heavy atom. The number of hydrogen-bond acceptors (Lipinski definition) is 3. The lowest BCUT2D eigenvalue weighted by molar-refractivity contribution is -0.122. The van der Waals surface area contributed by atoms with E-state index >= 15 is 0 Å². The fraction of sp³-hybridized carbons (Fsp3) is 0.500. The number of nitrogens with zero attached hydrogens (tertiary/aromatic N) is 1. The van der Waals surface area contributed by atoms with Crippen LogP contribution in [0.2, 0.25) is 0 Å². The molecule has 1 aromatic rings. The fourth-order valence-corrected chi connectivity index (χ4v) is 2.75. The second-order valence-corrected chi connectivity index (χ2v) is 4.72. The molecule has 0 spiro atoms. The van der Waals surface area contributed by atoms with Crippen LogP contribution >= 0.6 is 0 Å². The van der Waals surface area contributed by atoms with Crippen LogP contribution in [0, 0.1) is 0 Å². The summed E-state index contributed by atoms with van der Waals surface area (Å²) < 4.78 is 5.38. The Balaban J connectivity index is 2.25. The van der Waals surface area contributed by atoms with E-state index in [-0.39, 0.29) is 18.0 Å². The van der Waals surface area contributed by atoms with E-state index in [9.17, 15) is 4.79 Å². The maximum Gasteiger partial charge on any atom is 0.234 e. The molecular formula is C14H20N2O2. The predicted octanol–water partition coefficient (Wildman–Crippen LogP) is 1.71. The van der Waals surface area contributed by atoms with Crippen molar-refractivity contribution >= 4 is 5.91 Å². The van der Waals surface area contributed by atoms with Crippen molar-refractivity contribution in [3.05, 3.63) is 29.8 Å². The summed E-state index contributed by atoms with van der Waals surface area (Å²) in [7, 11) is 1.67. The molecule has 1 aliphatic heterocycles. The van der Waals surface area contributed by atoms with Crippen molar-refractivity contribution in [2.24, 2.45) is 5.73 Å². The Kier molecular flexibility index (Phi) is 3.87. The second-order valence-electron chi connectivity index (χ2n) is 4.72. The van der Waals surface area contributed by atoms with Crippen molar-refractivity contribution in [3.8, 4) is 5.75 Å². The topological polar surface area (TPSA) is 55.6 Å². The maximum atomic E-state index is 11.5. The minimum atomic E-state index is -0.228. The van der Waals surface area contributed by atoms with Crippen molar-refractivity contribution in [3.63, 3.8) is 0 Å². The molecule has 1 heterocycles. The molecule has 98 valence electrons. The van der Waals surface area contributed by atoms with E-state index in [0.717, 1.165) is 30.7 Å². The van der Waals surface area contributed by atoms with E-state index in [1.165, 1.54) is 0 Å². The van der Waals surface area contributed by atoms with Gasteiger partial charge in [0.2, 0.25) is 5.91 Å². The summed E-state index contributed by atoms with van der Waals surface area (Å²) in [5.74, 6) is 0.634. The number of hydrogen-bond donors (Lipinski definition) is 1. The first kappa shape index (κ1) is 12.9. The molecule has 0 bridgehead atoms. The number of likely N-dealkylation sites (tertiary alicyclic amines) is 1. The Morgan fingerprint density at radius 1 is 1.50 bits per heavy atom. The minimum absolute atomic E-state index is 0.140. The SMILES string of the molecule is COc1ccccc1C(C)N1CCCC1C(N)=O. The van der Waals surface area contributed by atoms with E-state index in [0.29, 0.717) is 0 Å². The van der Waals surface area contributed by atoms with Crippen molar-refractivity contribution in [2.75, 3.05) is 13.7 Å². The highest BCUT2D eigenvalue weighted by atomic mass is 16.5. The first-order valence-electron chi connectivity index (χ1n) is 6.33. The standard InChI is InChI=1S/C14H20N2O2/c1-10(11-6-3-4-8-13(11)18-2)16-9-5-7-12(16)14(15)17/h3-4,6,8,10,12H,5,7,9H2,1-2H3,(H2,15,17). The van der Waals surface area contributed by atoms with Gasteiger partial charge >= 0.3 is 0 Å². The zero-order valence-electron chi connectivity index (χ0n) is 10.9. The molecule has 1 fully saturated rings. The largest absolute Gasteiger partial charge is 0.496 e.